The Balaban J connectivity index is 1.92. The second kappa shape index (κ2) is 7.18. The number of amides is 1. The van der Waals surface area contributed by atoms with Crippen molar-refractivity contribution in [3.63, 3.8) is 0 Å². The van der Waals surface area contributed by atoms with Gasteiger partial charge in [-0.25, -0.2) is 0 Å². The monoisotopic (exact) mass is 339 g/mol. The molecule has 1 saturated carbocycles. The van der Waals surface area contributed by atoms with E-state index in [0.717, 1.165) is 46.6 Å². The number of nitrogens with zero attached hydrogens (tertiary/aromatic N) is 1. The van der Waals surface area contributed by atoms with Crippen LogP contribution in [-0.4, -0.2) is 31.1 Å². The van der Waals surface area contributed by atoms with Crippen molar-refractivity contribution in [2.45, 2.75) is 39.3 Å². The van der Waals surface area contributed by atoms with Gasteiger partial charge in [-0.1, -0.05) is 12.1 Å². The molecule has 0 N–H and O–H groups in total. The second-order valence-corrected chi connectivity index (χ2v) is 6.59. The maximum absolute atomic E-state index is 13.2. The summed E-state index contributed by atoms with van der Waals surface area (Å²) in [5.74, 6) is 1.64. The number of hydrogen-bond acceptors (Lipinski definition) is 3. The standard InChI is InChI=1S/C21H25NO3/c1-14-6-5-7-19(15(14)2)21(23)22(17-8-9-17)13-16-12-18(24-3)10-11-20(16)25-4/h5-7,10-12,17H,8-9,13H2,1-4H3. The second-order valence-electron chi connectivity index (χ2n) is 6.59. The summed E-state index contributed by atoms with van der Waals surface area (Å²) >= 11 is 0. The molecule has 0 heterocycles. The smallest absolute Gasteiger partial charge is 0.254 e. The Morgan fingerprint density at radius 3 is 2.52 bits per heavy atom. The van der Waals surface area contributed by atoms with Gasteiger partial charge in [-0.15, -0.1) is 0 Å². The first kappa shape index (κ1) is 17.3. The van der Waals surface area contributed by atoms with Crippen molar-refractivity contribution in [1.29, 1.82) is 0 Å². The molecule has 25 heavy (non-hydrogen) atoms. The average molecular weight is 339 g/mol. The molecule has 1 amide bonds. The molecule has 1 fully saturated rings. The first-order chi connectivity index (χ1) is 12.0. The van der Waals surface area contributed by atoms with Gasteiger partial charge in [0.1, 0.15) is 11.5 Å². The molecule has 3 rings (SSSR count). The number of carbonyl (C=O) groups excluding carboxylic acids is 1. The van der Waals surface area contributed by atoms with E-state index in [0.29, 0.717) is 12.6 Å². The Hall–Kier alpha value is -2.49. The lowest BCUT2D eigenvalue weighted by Crippen LogP contribution is -2.33. The summed E-state index contributed by atoms with van der Waals surface area (Å²) in [5.41, 5.74) is 3.94. The van der Waals surface area contributed by atoms with Crippen LogP contribution in [-0.2, 0) is 6.54 Å². The molecule has 0 spiro atoms. The van der Waals surface area contributed by atoms with Crippen LogP contribution >= 0.6 is 0 Å². The van der Waals surface area contributed by atoms with Crippen LogP contribution in [0.15, 0.2) is 36.4 Å². The molecule has 4 heteroatoms. The molecule has 132 valence electrons. The van der Waals surface area contributed by atoms with Crippen LogP contribution in [0.2, 0.25) is 0 Å². The first-order valence-corrected chi connectivity index (χ1v) is 8.63. The third-order valence-corrected chi connectivity index (χ3v) is 4.91. The molecular formula is C21H25NO3. The quantitative estimate of drug-likeness (QED) is 0.794. The van der Waals surface area contributed by atoms with Gasteiger partial charge in [0.2, 0.25) is 0 Å². The number of methoxy groups -OCH3 is 2. The van der Waals surface area contributed by atoms with Gasteiger partial charge in [0, 0.05) is 17.2 Å². The van der Waals surface area contributed by atoms with E-state index < -0.39 is 0 Å². The molecule has 0 aliphatic heterocycles. The largest absolute Gasteiger partial charge is 0.497 e. The number of ether oxygens (including phenoxy) is 2. The molecule has 4 nitrogen and oxygen atoms in total. The third-order valence-electron chi connectivity index (χ3n) is 4.91. The highest BCUT2D eigenvalue weighted by atomic mass is 16.5. The van der Waals surface area contributed by atoms with Crippen LogP contribution in [0.1, 0.15) is 39.9 Å². The van der Waals surface area contributed by atoms with Gasteiger partial charge in [0.15, 0.2) is 0 Å². The predicted octanol–water partition coefficient (Wildman–Crippen LogP) is 4.13. The van der Waals surface area contributed by atoms with E-state index in [9.17, 15) is 4.79 Å². The fourth-order valence-electron chi connectivity index (χ4n) is 3.08. The number of benzene rings is 2. The van der Waals surface area contributed by atoms with Gasteiger partial charge in [-0.05, 0) is 62.1 Å². The lowest BCUT2D eigenvalue weighted by Gasteiger charge is -2.25. The SMILES string of the molecule is COc1ccc(OC)c(CN(C(=O)c2cccc(C)c2C)C2CC2)c1. The molecule has 0 saturated heterocycles. The minimum absolute atomic E-state index is 0.0913. The van der Waals surface area contributed by atoms with Gasteiger partial charge in [0.05, 0.1) is 20.8 Å². The lowest BCUT2D eigenvalue weighted by atomic mass is 10.0. The van der Waals surface area contributed by atoms with E-state index in [1.165, 1.54) is 0 Å². The molecule has 0 atom stereocenters. The van der Waals surface area contributed by atoms with E-state index in [1.54, 1.807) is 14.2 Å². The van der Waals surface area contributed by atoms with E-state index >= 15 is 0 Å². The third kappa shape index (κ3) is 3.63. The van der Waals surface area contributed by atoms with Crippen molar-refractivity contribution in [2.24, 2.45) is 0 Å². The number of aryl methyl sites for hydroxylation is 1. The van der Waals surface area contributed by atoms with Crippen molar-refractivity contribution in [2.75, 3.05) is 14.2 Å². The summed E-state index contributed by atoms with van der Waals surface area (Å²) < 4.78 is 10.8. The topological polar surface area (TPSA) is 38.8 Å². The minimum Gasteiger partial charge on any atom is -0.497 e. The van der Waals surface area contributed by atoms with Gasteiger partial charge in [0.25, 0.3) is 5.91 Å². The van der Waals surface area contributed by atoms with Crippen LogP contribution in [0.25, 0.3) is 0 Å². The maximum Gasteiger partial charge on any atom is 0.254 e. The van der Waals surface area contributed by atoms with Crippen LogP contribution in [0, 0.1) is 13.8 Å². The van der Waals surface area contributed by atoms with Crippen molar-refractivity contribution >= 4 is 5.91 Å². The van der Waals surface area contributed by atoms with Gasteiger partial charge in [-0.3, -0.25) is 4.79 Å². The summed E-state index contributed by atoms with van der Waals surface area (Å²) in [7, 11) is 3.30. The molecule has 0 aromatic heterocycles. The fourth-order valence-corrected chi connectivity index (χ4v) is 3.08. The molecule has 0 radical (unpaired) electrons. The lowest BCUT2D eigenvalue weighted by molar-refractivity contribution is 0.0727. The zero-order chi connectivity index (χ0) is 18.0. The summed E-state index contributed by atoms with van der Waals surface area (Å²) in [5, 5.41) is 0. The van der Waals surface area contributed by atoms with Crippen LogP contribution in [0.3, 0.4) is 0 Å². The Morgan fingerprint density at radius 1 is 1.12 bits per heavy atom. The minimum atomic E-state index is 0.0913. The van der Waals surface area contributed by atoms with Crippen LogP contribution in [0.5, 0.6) is 11.5 Å². The van der Waals surface area contributed by atoms with Gasteiger partial charge in [-0.2, -0.15) is 0 Å². The molecule has 0 unspecified atom stereocenters. The van der Waals surface area contributed by atoms with Crippen molar-refractivity contribution in [3.05, 3.63) is 58.7 Å². The molecular weight excluding hydrogens is 314 g/mol. The average Bonchev–Trinajstić information content (AvgIpc) is 3.46. The predicted molar refractivity (Wildman–Crippen MR) is 98.4 cm³/mol. The fraction of sp³-hybridized carbons (Fsp3) is 0.381. The first-order valence-electron chi connectivity index (χ1n) is 8.63. The molecule has 1 aliphatic carbocycles. The van der Waals surface area contributed by atoms with E-state index in [1.807, 2.05) is 55.1 Å². The zero-order valence-electron chi connectivity index (χ0n) is 15.3. The normalized spacial score (nSPS) is 13.4. The Morgan fingerprint density at radius 2 is 1.88 bits per heavy atom. The van der Waals surface area contributed by atoms with Crippen molar-refractivity contribution in [3.8, 4) is 11.5 Å². The van der Waals surface area contributed by atoms with Crippen LogP contribution < -0.4 is 9.47 Å². The molecule has 2 aromatic rings. The van der Waals surface area contributed by atoms with Crippen molar-refractivity contribution in [1.82, 2.24) is 4.90 Å². The molecule has 1 aliphatic rings. The Bertz CT molecular complexity index is 781. The van der Waals surface area contributed by atoms with Crippen LogP contribution in [0.4, 0.5) is 0 Å². The summed E-state index contributed by atoms with van der Waals surface area (Å²) in [6.45, 7) is 4.58. The summed E-state index contributed by atoms with van der Waals surface area (Å²) in [4.78, 5) is 15.2. The van der Waals surface area contributed by atoms with E-state index in [-0.39, 0.29) is 5.91 Å². The van der Waals surface area contributed by atoms with E-state index in [2.05, 4.69) is 0 Å². The summed E-state index contributed by atoms with van der Waals surface area (Å²) in [6, 6.07) is 11.9. The molecule has 2 aromatic carbocycles. The number of carbonyl (C=O) groups is 1. The molecule has 0 bridgehead atoms. The highest BCUT2D eigenvalue weighted by Crippen LogP contribution is 2.33. The van der Waals surface area contributed by atoms with Gasteiger partial charge >= 0.3 is 0 Å². The van der Waals surface area contributed by atoms with E-state index in [4.69, 9.17) is 9.47 Å². The number of rotatable bonds is 6. The van der Waals surface area contributed by atoms with Crippen molar-refractivity contribution < 1.29 is 14.3 Å². The summed E-state index contributed by atoms with van der Waals surface area (Å²) in [6.07, 6.45) is 2.12. The Labute approximate surface area is 149 Å². The maximum atomic E-state index is 13.2. The van der Waals surface area contributed by atoms with Gasteiger partial charge < -0.3 is 14.4 Å². The Kier molecular flexibility index (Phi) is 4.98. The zero-order valence-corrected chi connectivity index (χ0v) is 15.3. The number of hydrogen-bond donors (Lipinski definition) is 0. The highest BCUT2D eigenvalue weighted by molar-refractivity contribution is 5.96. The highest BCUT2D eigenvalue weighted by Gasteiger charge is 2.34.